The Morgan fingerprint density at radius 1 is 0.886 bits per heavy atom. The minimum Gasteiger partial charge on any atom is -0.478 e. The number of hydrogen-bond donors (Lipinski definition) is 1. The van der Waals surface area contributed by atoms with E-state index < -0.39 is 17.2 Å². The molecule has 196 valence electrons. The molecule has 0 aliphatic carbocycles. The predicted octanol–water partition coefficient (Wildman–Crippen LogP) is 3.02. The summed E-state index contributed by atoms with van der Waals surface area (Å²) >= 11 is 0. The summed E-state index contributed by atoms with van der Waals surface area (Å²) in [7, 11) is 0. The maximum absolute atomic E-state index is 12.5. The molecule has 0 atom stereocenters. The van der Waals surface area contributed by atoms with Gasteiger partial charge in [0.2, 0.25) is 0 Å². The van der Waals surface area contributed by atoms with E-state index in [-0.39, 0.29) is 36.5 Å². The summed E-state index contributed by atoms with van der Waals surface area (Å²) in [5.74, 6) is -1.27. The highest BCUT2D eigenvalue weighted by atomic mass is 16.6. The number of ether oxygens (including phenoxy) is 2. The van der Waals surface area contributed by atoms with Crippen molar-refractivity contribution in [1.82, 2.24) is 14.8 Å². The van der Waals surface area contributed by atoms with Gasteiger partial charge in [0.15, 0.2) is 0 Å². The van der Waals surface area contributed by atoms with Crippen LogP contribution in [0.1, 0.15) is 70.4 Å². The molecule has 1 aromatic heterocycles. The second-order valence-electron chi connectivity index (χ2n) is 11.2. The third-order valence-electron chi connectivity index (χ3n) is 5.55. The summed E-state index contributed by atoms with van der Waals surface area (Å²) < 4.78 is 11.0. The van der Waals surface area contributed by atoms with Gasteiger partial charge in [-0.25, -0.2) is 4.79 Å². The van der Waals surface area contributed by atoms with Crippen LogP contribution in [0.4, 0.5) is 0 Å². The molecule has 1 N–H and O–H groups in total. The van der Waals surface area contributed by atoms with E-state index in [2.05, 4.69) is 14.8 Å². The van der Waals surface area contributed by atoms with Crippen LogP contribution >= 0.6 is 0 Å². The monoisotopic (exact) mass is 491 g/mol. The van der Waals surface area contributed by atoms with Crippen LogP contribution in [0, 0.1) is 5.92 Å². The Morgan fingerprint density at radius 3 is 1.74 bits per heavy atom. The SMILES string of the molecule is CC(C)(C)OC(=O)CN1CCC(Cc2ccc(C(=O)O)cn2)CCN(CC(=O)OC(C)(C)C)CC1. The summed E-state index contributed by atoms with van der Waals surface area (Å²) in [6.45, 7) is 14.2. The zero-order valence-electron chi connectivity index (χ0n) is 22.0. The number of esters is 2. The molecule has 9 nitrogen and oxygen atoms in total. The Morgan fingerprint density at radius 2 is 1.37 bits per heavy atom. The van der Waals surface area contributed by atoms with Crippen LogP contribution < -0.4 is 0 Å². The highest BCUT2D eigenvalue weighted by Crippen LogP contribution is 2.19. The highest BCUT2D eigenvalue weighted by molar-refractivity contribution is 5.87. The van der Waals surface area contributed by atoms with Crippen molar-refractivity contribution in [2.75, 3.05) is 39.3 Å². The first-order valence-electron chi connectivity index (χ1n) is 12.3. The zero-order chi connectivity index (χ0) is 26.2. The quantitative estimate of drug-likeness (QED) is 0.576. The van der Waals surface area contributed by atoms with Gasteiger partial charge in [-0.2, -0.15) is 0 Å². The third-order valence-corrected chi connectivity index (χ3v) is 5.55. The first-order chi connectivity index (χ1) is 16.2. The van der Waals surface area contributed by atoms with Crippen LogP contribution in [0.2, 0.25) is 0 Å². The number of pyridine rings is 1. The molecule has 0 radical (unpaired) electrons. The predicted molar refractivity (Wildman–Crippen MR) is 132 cm³/mol. The van der Waals surface area contributed by atoms with Gasteiger partial charge in [0.05, 0.1) is 18.7 Å². The lowest BCUT2D eigenvalue weighted by Gasteiger charge is -2.27. The summed E-state index contributed by atoms with van der Waals surface area (Å²) in [6.07, 6.45) is 3.79. The van der Waals surface area contributed by atoms with Crippen molar-refractivity contribution in [1.29, 1.82) is 0 Å². The normalized spacial score (nSPS) is 17.2. The first-order valence-corrected chi connectivity index (χ1v) is 12.3. The molecule has 0 saturated carbocycles. The van der Waals surface area contributed by atoms with Crippen molar-refractivity contribution in [3.05, 3.63) is 29.6 Å². The van der Waals surface area contributed by atoms with Crippen LogP contribution in [-0.2, 0) is 25.5 Å². The summed E-state index contributed by atoms with van der Waals surface area (Å²) in [6, 6.07) is 3.33. The molecule has 2 rings (SSSR count). The molecule has 0 amide bonds. The Balaban J connectivity index is 2.10. The third kappa shape index (κ3) is 11.6. The van der Waals surface area contributed by atoms with Crippen molar-refractivity contribution in [3.8, 4) is 0 Å². The van der Waals surface area contributed by atoms with Crippen molar-refractivity contribution in [2.45, 2.75) is 72.0 Å². The van der Waals surface area contributed by atoms with Crippen molar-refractivity contribution >= 4 is 17.9 Å². The maximum atomic E-state index is 12.5. The molecule has 1 aromatic rings. The first kappa shape index (κ1) is 28.7. The minimum absolute atomic E-state index is 0.162. The van der Waals surface area contributed by atoms with Gasteiger partial charge in [-0.3, -0.25) is 24.4 Å². The van der Waals surface area contributed by atoms with Gasteiger partial charge >= 0.3 is 17.9 Å². The second kappa shape index (κ2) is 12.4. The summed E-state index contributed by atoms with van der Waals surface area (Å²) in [5, 5.41) is 9.11. The highest BCUT2D eigenvalue weighted by Gasteiger charge is 2.25. The number of hydrogen-bond acceptors (Lipinski definition) is 8. The zero-order valence-corrected chi connectivity index (χ0v) is 22.0. The van der Waals surface area contributed by atoms with Gasteiger partial charge in [-0.15, -0.1) is 0 Å². The standard InChI is InChI=1S/C26H41N3O6/c1-25(2,3)34-22(30)17-28-11-9-19(15-21-8-7-20(16-27-21)24(32)33)10-12-29(14-13-28)18-23(31)35-26(4,5)6/h7-8,16,19H,9-15,17-18H2,1-6H3,(H,32,33). The van der Waals surface area contributed by atoms with E-state index in [1.54, 1.807) is 12.1 Å². The molecule has 1 aliphatic heterocycles. The number of aromatic nitrogens is 1. The van der Waals surface area contributed by atoms with Crippen LogP contribution in [-0.4, -0.2) is 88.3 Å². The smallest absolute Gasteiger partial charge is 0.337 e. The van der Waals surface area contributed by atoms with Crippen molar-refractivity contribution in [2.24, 2.45) is 5.92 Å². The van der Waals surface area contributed by atoms with Crippen LogP contribution in [0.5, 0.6) is 0 Å². The molecule has 1 saturated heterocycles. The topological polar surface area (TPSA) is 109 Å². The lowest BCUT2D eigenvalue weighted by Crippen LogP contribution is -2.42. The van der Waals surface area contributed by atoms with Crippen LogP contribution in [0.15, 0.2) is 18.3 Å². The van der Waals surface area contributed by atoms with Gasteiger partial charge in [0, 0.05) is 25.0 Å². The molecule has 0 aromatic carbocycles. The molecule has 1 aliphatic rings. The lowest BCUT2D eigenvalue weighted by molar-refractivity contribution is -0.158. The Labute approximate surface area is 208 Å². The van der Waals surface area contributed by atoms with Gasteiger partial charge in [0.25, 0.3) is 0 Å². The van der Waals surface area contributed by atoms with E-state index in [4.69, 9.17) is 14.6 Å². The second-order valence-corrected chi connectivity index (χ2v) is 11.2. The van der Waals surface area contributed by atoms with E-state index in [9.17, 15) is 14.4 Å². The number of carboxylic acid groups (broad SMARTS) is 1. The fourth-order valence-electron chi connectivity index (χ4n) is 3.98. The van der Waals surface area contributed by atoms with E-state index >= 15 is 0 Å². The van der Waals surface area contributed by atoms with Crippen LogP contribution in [0.3, 0.4) is 0 Å². The van der Waals surface area contributed by atoms with E-state index in [0.717, 1.165) is 31.6 Å². The molecule has 0 bridgehead atoms. The van der Waals surface area contributed by atoms with E-state index in [1.807, 2.05) is 41.5 Å². The largest absolute Gasteiger partial charge is 0.478 e. The summed E-state index contributed by atoms with van der Waals surface area (Å²) in [4.78, 5) is 44.6. The number of carboxylic acids is 1. The maximum Gasteiger partial charge on any atom is 0.337 e. The van der Waals surface area contributed by atoms with E-state index in [0.29, 0.717) is 19.5 Å². The van der Waals surface area contributed by atoms with Gasteiger partial charge in [-0.1, -0.05) is 0 Å². The average molecular weight is 492 g/mol. The number of nitrogens with zero attached hydrogens (tertiary/aromatic N) is 3. The fraction of sp³-hybridized carbons (Fsp3) is 0.692. The minimum atomic E-state index is -0.998. The molecular weight excluding hydrogens is 450 g/mol. The number of carbonyl (C=O) groups excluding carboxylic acids is 2. The number of carbonyl (C=O) groups is 3. The molecule has 2 heterocycles. The van der Waals surface area contributed by atoms with Gasteiger partial charge < -0.3 is 14.6 Å². The Kier molecular flexibility index (Phi) is 10.2. The molecule has 0 unspecified atom stereocenters. The Hall–Kier alpha value is -2.52. The Bertz CT molecular complexity index is 815. The van der Waals surface area contributed by atoms with Crippen molar-refractivity contribution < 1.29 is 29.0 Å². The fourth-order valence-corrected chi connectivity index (χ4v) is 3.98. The van der Waals surface area contributed by atoms with Crippen LogP contribution in [0.25, 0.3) is 0 Å². The molecule has 9 heteroatoms. The van der Waals surface area contributed by atoms with Crippen molar-refractivity contribution in [3.63, 3.8) is 0 Å². The molecule has 0 spiro atoms. The number of aromatic carboxylic acids is 1. The van der Waals surface area contributed by atoms with Gasteiger partial charge in [0.1, 0.15) is 11.2 Å². The number of rotatable bonds is 7. The lowest BCUT2D eigenvalue weighted by atomic mass is 9.95. The average Bonchev–Trinajstić information content (AvgIpc) is 2.78. The molecule has 1 fully saturated rings. The summed E-state index contributed by atoms with van der Waals surface area (Å²) in [5.41, 5.74) is -0.0992. The van der Waals surface area contributed by atoms with Gasteiger partial charge in [-0.05, 0) is 91.9 Å². The van der Waals surface area contributed by atoms with E-state index in [1.165, 1.54) is 6.20 Å². The molecule has 35 heavy (non-hydrogen) atoms. The molecular formula is C26H41N3O6.